The van der Waals surface area contributed by atoms with Crippen LogP contribution in [0.15, 0.2) is 66.9 Å². The van der Waals surface area contributed by atoms with Crippen molar-refractivity contribution >= 4 is 23.3 Å². The summed E-state index contributed by atoms with van der Waals surface area (Å²) < 4.78 is 13.3. The van der Waals surface area contributed by atoms with Gasteiger partial charge in [0.25, 0.3) is 11.8 Å². The van der Waals surface area contributed by atoms with Crippen LogP contribution in [-0.2, 0) is 0 Å². The molecule has 1 N–H and O–H groups in total. The normalized spacial score (nSPS) is 13.7. The zero-order valence-corrected chi connectivity index (χ0v) is 17.2. The maximum Gasteiger partial charge on any atom is 0.255 e. The maximum atomic E-state index is 13.3. The first-order valence-electron chi connectivity index (χ1n) is 10.1. The Morgan fingerprint density at radius 2 is 1.74 bits per heavy atom. The van der Waals surface area contributed by atoms with Gasteiger partial charge in [0.1, 0.15) is 11.6 Å². The van der Waals surface area contributed by atoms with Gasteiger partial charge in [0, 0.05) is 37.3 Å². The number of halogens is 1. The molecule has 2 heterocycles. The minimum Gasteiger partial charge on any atom is -0.353 e. The van der Waals surface area contributed by atoms with Gasteiger partial charge in [-0.2, -0.15) is 0 Å². The van der Waals surface area contributed by atoms with Crippen molar-refractivity contribution in [3.8, 4) is 0 Å². The Morgan fingerprint density at radius 1 is 0.968 bits per heavy atom. The van der Waals surface area contributed by atoms with Crippen LogP contribution in [0.3, 0.4) is 0 Å². The highest BCUT2D eigenvalue weighted by molar-refractivity contribution is 6.04. The van der Waals surface area contributed by atoms with Crippen molar-refractivity contribution in [1.29, 1.82) is 0 Å². The van der Waals surface area contributed by atoms with Gasteiger partial charge in [0.2, 0.25) is 0 Å². The smallest absolute Gasteiger partial charge is 0.255 e. The number of anilines is 2. The van der Waals surface area contributed by atoms with Gasteiger partial charge in [-0.25, -0.2) is 9.37 Å². The van der Waals surface area contributed by atoms with Crippen molar-refractivity contribution in [1.82, 2.24) is 9.88 Å². The number of piperazine rings is 1. The van der Waals surface area contributed by atoms with Gasteiger partial charge in [0.15, 0.2) is 0 Å². The summed E-state index contributed by atoms with van der Waals surface area (Å²) in [6, 6.07) is 16.8. The second-order valence-electron chi connectivity index (χ2n) is 7.46. The Kier molecular flexibility index (Phi) is 5.93. The molecule has 0 radical (unpaired) electrons. The largest absolute Gasteiger partial charge is 0.353 e. The number of hydrogen-bond donors (Lipinski definition) is 1. The molecule has 0 aliphatic carbocycles. The van der Waals surface area contributed by atoms with Crippen LogP contribution < -0.4 is 10.2 Å². The Morgan fingerprint density at radius 3 is 2.42 bits per heavy atom. The Balaban J connectivity index is 1.35. The van der Waals surface area contributed by atoms with E-state index in [0.29, 0.717) is 31.9 Å². The first-order chi connectivity index (χ1) is 15.0. The molecule has 2 amide bonds. The number of nitrogens with one attached hydrogen (secondary N) is 1. The molecule has 0 saturated carbocycles. The van der Waals surface area contributed by atoms with Gasteiger partial charge in [-0.1, -0.05) is 24.3 Å². The summed E-state index contributed by atoms with van der Waals surface area (Å²) >= 11 is 0. The zero-order valence-electron chi connectivity index (χ0n) is 17.2. The predicted octanol–water partition coefficient (Wildman–Crippen LogP) is 3.74. The summed E-state index contributed by atoms with van der Waals surface area (Å²) in [7, 11) is 0. The van der Waals surface area contributed by atoms with Crippen LogP contribution in [0.25, 0.3) is 0 Å². The minimum atomic E-state index is -0.457. The molecule has 0 unspecified atom stereocenters. The molecule has 1 saturated heterocycles. The lowest BCUT2D eigenvalue weighted by atomic mass is 10.1. The Hall–Kier alpha value is -3.74. The molecule has 3 aromatic rings. The van der Waals surface area contributed by atoms with Crippen molar-refractivity contribution in [2.75, 3.05) is 36.4 Å². The van der Waals surface area contributed by atoms with Crippen LogP contribution in [0.2, 0.25) is 0 Å². The fourth-order valence-corrected chi connectivity index (χ4v) is 3.60. The molecule has 0 bridgehead atoms. The van der Waals surface area contributed by atoms with E-state index in [4.69, 9.17) is 0 Å². The second-order valence-corrected chi connectivity index (χ2v) is 7.46. The molecule has 1 aliphatic heterocycles. The molecule has 158 valence electrons. The number of hydrogen-bond acceptors (Lipinski definition) is 4. The highest BCUT2D eigenvalue weighted by atomic mass is 19.1. The summed E-state index contributed by atoms with van der Waals surface area (Å²) in [4.78, 5) is 33.4. The van der Waals surface area contributed by atoms with Crippen molar-refractivity contribution in [3.05, 3.63) is 89.4 Å². The van der Waals surface area contributed by atoms with Crippen molar-refractivity contribution in [2.45, 2.75) is 6.92 Å². The first-order valence-corrected chi connectivity index (χ1v) is 10.1. The molecular formula is C24H23FN4O2. The lowest BCUT2D eigenvalue weighted by molar-refractivity contribution is 0.0745. The van der Waals surface area contributed by atoms with E-state index in [1.807, 2.05) is 42.2 Å². The number of nitrogens with zero attached hydrogens (tertiary/aromatic N) is 3. The number of rotatable bonds is 4. The topological polar surface area (TPSA) is 65.5 Å². The molecule has 7 heteroatoms. The minimum absolute atomic E-state index is 0.0566. The van der Waals surface area contributed by atoms with E-state index in [1.54, 1.807) is 18.3 Å². The second kappa shape index (κ2) is 8.95. The van der Waals surface area contributed by atoms with Crippen LogP contribution in [-0.4, -0.2) is 47.9 Å². The molecule has 1 fully saturated rings. The number of benzene rings is 2. The number of aromatic nitrogens is 1. The highest BCUT2D eigenvalue weighted by Crippen LogP contribution is 2.19. The van der Waals surface area contributed by atoms with Gasteiger partial charge in [-0.3, -0.25) is 9.59 Å². The molecule has 1 aliphatic rings. The molecule has 0 atom stereocenters. The first kappa shape index (κ1) is 20.5. The van der Waals surface area contributed by atoms with E-state index in [1.165, 1.54) is 18.2 Å². The van der Waals surface area contributed by atoms with Gasteiger partial charge in [-0.15, -0.1) is 0 Å². The zero-order chi connectivity index (χ0) is 21.8. The summed E-state index contributed by atoms with van der Waals surface area (Å²) in [6.07, 6.45) is 1.58. The molecule has 0 spiro atoms. The van der Waals surface area contributed by atoms with Crippen molar-refractivity contribution in [2.24, 2.45) is 0 Å². The van der Waals surface area contributed by atoms with E-state index >= 15 is 0 Å². The predicted molar refractivity (Wildman–Crippen MR) is 118 cm³/mol. The number of amides is 2. The third-order valence-electron chi connectivity index (χ3n) is 5.36. The maximum absolute atomic E-state index is 13.3. The van der Waals surface area contributed by atoms with Gasteiger partial charge < -0.3 is 15.1 Å². The van der Waals surface area contributed by atoms with E-state index in [0.717, 1.165) is 16.9 Å². The number of pyridine rings is 1. The lowest BCUT2D eigenvalue weighted by Crippen LogP contribution is -2.49. The average molecular weight is 418 g/mol. The monoisotopic (exact) mass is 418 g/mol. The number of carbonyl (C=O) groups excluding carboxylic acids is 2. The molecule has 6 nitrogen and oxygen atoms in total. The summed E-state index contributed by atoms with van der Waals surface area (Å²) in [5.74, 6) is -0.00795. The van der Waals surface area contributed by atoms with Gasteiger partial charge in [0.05, 0.1) is 11.9 Å². The van der Waals surface area contributed by atoms with E-state index in [2.05, 4.69) is 15.2 Å². The number of aryl methyl sites for hydroxylation is 1. The van der Waals surface area contributed by atoms with Gasteiger partial charge in [-0.05, 0) is 48.9 Å². The quantitative estimate of drug-likeness (QED) is 0.701. The number of carbonyl (C=O) groups is 2. The van der Waals surface area contributed by atoms with Crippen LogP contribution >= 0.6 is 0 Å². The summed E-state index contributed by atoms with van der Waals surface area (Å²) in [6.45, 7) is 4.54. The van der Waals surface area contributed by atoms with E-state index in [9.17, 15) is 14.0 Å². The summed E-state index contributed by atoms with van der Waals surface area (Å²) in [5, 5.41) is 2.72. The van der Waals surface area contributed by atoms with Crippen molar-refractivity contribution < 1.29 is 14.0 Å². The lowest BCUT2D eigenvalue weighted by Gasteiger charge is -2.35. The summed E-state index contributed by atoms with van der Waals surface area (Å²) in [5.41, 5.74) is 2.50. The fraction of sp³-hybridized carbons (Fsp3) is 0.208. The SMILES string of the molecule is Cc1ccccc1C(=O)N1CCN(c2ccc(NC(=O)c3cccc(F)c3)cn2)CC1. The molecule has 4 rings (SSSR count). The van der Waals surface area contributed by atoms with Crippen molar-refractivity contribution in [3.63, 3.8) is 0 Å². The van der Waals surface area contributed by atoms with Crippen LogP contribution in [0, 0.1) is 12.7 Å². The molecule has 1 aromatic heterocycles. The molecule has 31 heavy (non-hydrogen) atoms. The third-order valence-corrected chi connectivity index (χ3v) is 5.36. The Bertz CT molecular complexity index is 1090. The molecule has 2 aromatic carbocycles. The van der Waals surface area contributed by atoms with E-state index in [-0.39, 0.29) is 11.5 Å². The Labute approximate surface area is 180 Å². The van der Waals surface area contributed by atoms with E-state index < -0.39 is 11.7 Å². The van der Waals surface area contributed by atoms with Crippen LogP contribution in [0.1, 0.15) is 26.3 Å². The average Bonchev–Trinajstić information content (AvgIpc) is 2.79. The van der Waals surface area contributed by atoms with Crippen LogP contribution in [0.5, 0.6) is 0 Å². The van der Waals surface area contributed by atoms with Crippen LogP contribution in [0.4, 0.5) is 15.9 Å². The third kappa shape index (κ3) is 4.71. The standard InChI is InChI=1S/C24H23FN4O2/c1-17-5-2-3-8-21(17)24(31)29-13-11-28(12-14-29)22-10-9-20(16-26-22)27-23(30)18-6-4-7-19(25)15-18/h2-10,15-16H,11-14H2,1H3,(H,27,30). The molecular weight excluding hydrogens is 395 g/mol. The van der Waals surface area contributed by atoms with Gasteiger partial charge >= 0.3 is 0 Å². The highest BCUT2D eigenvalue weighted by Gasteiger charge is 2.23. The fourth-order valence-electron chi connectivity index (χ4n) is 3.60.